The molecular weight excluding hydrogens is 392 g/mol. The summed E-state index contributed by atoms with van der Waals surface area (Å²) in [5.74, 6) is -0.328. The van der Waals surface area contributed by atoms with E-state index in [-0.39, 0.29) is 18.0 Å². The Hall–Kier alpha value is -3.52. The van der Waals surface area contributed by atoms with E-state index in [9.17, 15) is 9.59 Å². The molecule has 2 aromatic carbocycles. The van der Waals surface area contributed by atoms with Crippen LogP contribution in [0.15, 0.2) is 53.6 Å². The number of nitrogens with one attached hydrogen (secondary N) is 1. The van der Waals surface area contributed by atoms with E-state index in [0.29, 0.717) is 22.0 Å². The summed E-state index contributed by atoms with van der Waals surface area (Å²) in [4.78, 5) is 29.4. The Kier molecular flexibility index (Phi) is 4.85. The molecule has 0 bridgehead atoms. The molecule has 0 unspecified atom stereocenters. The second-order valence-corrected chi connectivity index (χ2v) is 7.13. The summed E-state index contributed by atoms with van der Waals surface area (Å²) in [6, 6.07) is 12.7. The lowest BCUT2D eigenvalue weighted by Crippen LogP contribution is -2.28. The van der Waals surface area contributed by atoms with Crippen molar-refractivity contribution in [3.63, 3.8) is 0 Å². The third kappa shape index (κ3) is 3.74. The quantitative estimate of drug-likeness (QED) is 0.560. The zero-order valence-electron chi connectivity index (χ0n) is 15.8. The number of aromatic nitrogens is 5. The normalized spacial score (nSPS) is 11.0. The summed E-state index contributed by atoms with van der Waals surface area (Å²) < 4.78 is 2.66. The maximum Gasteiger partial charge on any atom is 0.284 e. The average molecular weight is 409 g/mol. The van der Waals surface area contributed by atoms with Crippen LogP contribution in [0.5, 0.6) is 0 Å². The number of hydrogen-bond acceptors (Lipinski definition) is 5. The molecule has 0 radical (unpaired) electrons. The lowest BCUT2D eigenvalue weighted by Gasteiger charge is -2.10. The second kappa shape index (κ2) is 7.48. The molecular formula is C20H17ClN6O2. The predicted octanol–water partition coefficient (Wildman–Crippen LogP) is 2.89. The van der Waals surface area contributed by atoms with Crippen LogP contribution in [0.2, 0.25) is 5.02 Å². The first-order valence-corrected chi connectivity index (χ1v) is 9.24. The molecule has 8 nitrogen and oxygen atoms in total. The number of carbonyl (C=O) groups excluding carboxylic acids is 1. The number of anilines is 1. The minimum atomic E-state index is -0.439. The van der Waals surface area contributed by atoms with Crippen molar-refractivity contribution in [2.45, 2.75) is 20.4 Å². The van der Waals surface area contributed by atoms with Gasteiger partial charge in [-0.05, 0) is 49.7 Å². The lowest BCUT2D eigenvalue weighted by molar-refractivity contribution is -0.116. The molecule has 0 atom stereocenters. The van der Waals surface area contributed by atoms with Crippen LogP contribution < -0.4 is 10.9 Å². The van der Waals surface area contributed by atoms with Gasteiger partial charge in [-0.2, -0.15) is 4.68 Å². The van der Waals surface area contributed by atoms with Crippen LogP contribution >= 0.6 is 11.6 Å². The van der Waals surface area contributed by atoms with Crippen LogP contribution in [0.25, 0.3) is 16.9 Å². The summed E-state index contributed by atoms with van der Waals surface area (Å²) >= 11 is 5.91. The summed E-state index contributed by atoms with van der Waals surface area (Å²) in [5, 5.41) is 11.4. The highest BCUT2D eigenvalue weighted by Crippen LogP contribution is 2.17. The molecule has 29 heavy (non-hydrogen) atoms. The average Bonchev–Trinajstić information content (AvgIpc) is 3.12. The molecule has 1 amide bonds. The Balaban J connectivity index is 1.60. The Labute approximate surface area is 170 Å². The zero-order chi connectivity index (χ0) is 20.5. The molecule has 0 aliphatic heterocycles. The van der Waals surface area contributed by atoms with Gasteiger partial charge < -0.3 is 5.32 Å². The number of carbonyl (C=O) groups is 1. The maximum atomic E-state index is 12.7. The molecule has 1 N–H and O–H groups in total. The summed E-state index contributed by atoms with van der Waals surface area (Å²) in [6.45, 7) is 3.72. The van der Waals surface area contributed by atoms with E-state index in [1.807, 2.05) is 32.0 Å². The standard InChI is InChI=1S/C20H17ClN6O2/c1-12-3-8-16(13(2)9-12)23-17(28)10-26-11-22-19-18(20(26)29)24-25-27(19)15-6-4-14(21)5-7-15/h3-9,11H,10H2,1-2H3,(H,23,28). The molecule has 4 aromatic rings. The van der Waals surface area contributed by atoms with Gasteiger partial charge in [0.05, 0.1) is 5.69 Å². The minimum Gasteiger partial charge on any atom is -0.324 e. The van der Waals surface area contributed by atoms with Crippen LogP contribution in [-0.4, -0.2) is 30.5 Å². The molecule has 0 fully saturated rings. The number of benzene rings is 2. The lowest BCUT2D eigenvalue weighted by atomic mass is 10.1. The fourth-order valence-electron chi connectivity index (χ4n) is 3.01. The Morgan fingerprint density at radius 3 is 2.62 bits per heavy atom. The number of hydrogen-bond donors (Lipinski definition) is 1. The molecule has 2 aromatic heterocycles. The van der Waals surface area contributed by atoms with Crippen molar-refractivity contribution in [1.29, 1.82) is 0 Å². The first-order chi connectivity index (χ1) is 13.9. The topological polar surface area (TPSA) is 94.7 Å². The highest BCUT2D eigenvalue weighted by molar-refractivity contribution is 6.30. The van der Waals surface area contributed by atoms with Crippen molar-refractivity contribution in [3.05, 3.63) is 75.3 Å². The number of rotatable bonds is 4. The van der Waals surface area contributed by atoms with Crippen LogP contribution in [0.1, 0.15) is 11.1 Å². The van der Waals surface area contributed by atoms with E-state index < -0.39 is 5.56 Å². The number of halogens is 1. The van der Waals surface area contributed by atoms with Gasteiger partial charge in [0.2, 0.25) is 5.91 Å². The van der Waals surface area contributed by atoms with Crippen LogP contribution in [0.3, 0.4) is 0 Å². The largest absolute Gasteiger partial charge is 0.324 e. The van der Waals surface area contributed by atoms with Gasteiger partial charge in [0.15, 0.2) is 11.2 Å². The molecule has 0 saturated carbocycles. The van der Waals surface area contributed by atoms with Gasteiger partial charge in [-0.3, -0.25) is 14.2 Å². The van der Waals surface area contributed by atoms with Gasteiger partial charge in [0.25, 0.3) is 5.56 Å². The molecule has 9 heteroatoms. The molecule has 2 heterocycles. The monoisotopic (exact) mass is 408 g/mol. The number of aryl methyl sites for hydroxylation is 2. The van der Waals surface area contributed by atoms with Crippen molar-refractivity contribution in [2.24, 2.45) is 0 Å². The maximum absolute atomic E-state index is 12.7. The molecule has 0 aliphatic carbocycles. The molecule has 0 aliphatic rings. The van der Waals surface area contributed by atoms with Crippen molar-refractivity contribution in [2.75, 3.05) is 5.32 Å². The molecule has 0 saturated heterocycles. The van der Waals surface area contributed by atoms with Gasteiger partial charge in [-0.25, -0.2) is 4.98 Å². The first-order valence-electron chi connectivity index (χ1n) is 8.86. The number of amides is 1. The second-order valence-electron chi connectivity index (χ2n) is 6.69. The summed E-state index contributed by atoms with van der Waals surface area (Å²) in [5.41, 5.74) is 3.39. The van der Waals surface area contributed by atoms with Gasteiger partial charge in [-0.15, -0.1) is 5.10 Å². The van der Waals surface area contributed by atoms with Gasteiger partial charge in [-0.1, -0.05) is 34.5 Å². The van der Waals surface area contributed by atoms with Gasteiger partial charge in [0.1, 0.15) is 12.9 Å². The Bertz CT molecular complexity index is 1280. The van der Waals surface area contributed by atoms with Crippen molar-refractivity contribution >= 4 is 34.4 Å². The van der Waals surface area contributed by atoms with E-state index in [1.165, 1.54) is 15.6 Å². The van der Waals surface area contributed by atoms with E-state index >= 15 is 0 Å². The Morgan fingerprint density at radius 2 is 1.90 bits per heavy atom. The SMILES string of the molecule is Cc1ccc(NC(=O)Cn2cnc3c(nnn3-c3ccc(Cl)cc3)c2=O)c(C)c1. The fraction of sp³-hybridized carbons (Fsp3) is 0.150. The summed E-state index contributed by atoms with van der Waals surface area (Å²) in [6.07, 6.45) is 1.32. The highest BCUT2D eigenvalue weighted by Gasteiger charge is 2.15. The van der Waals surface area contributed by atoms with Gasteiger partial charge in [0, 0.05) is 10.7 Å². The first kappa shape index (κ1) is 18.8. The molecule has 0 spiro atoms. The van der Waals surface area contributed by atoms with Gasteiger partial charge >= 0.3 is 0 Å². The number of nitrogens with zero attached hydrogens (tertiary/aromatic N) is 5. The van der Waals surface area contributed by atoms with Crippen molar-refractivity contribution < 1.29 is 4.79 Å². The number of fused-ring (bicyclic) bond motifs is 1. The minimum absolute atomic E-state index is 0.0850. The van der Waals surface area contributed by atoms with Crippen molar-refractivity contribution in [3.8, 4) is 5.69 Å². The third-order valence-electron chi connectivity index (χ3n) is 4.47. The highest BCUT2D eigenvalue weighted by atomic mass is 35.5. The van der Waals surface area contributed by atoms with Crippen LogP contribution in [-0.2, 0) is 11.3 Å². The third-order valence-corrected chi connectivity index (χ3v) is 4.72. The van der Waals surface area contributed by atoms with E-state index in [4.69, 9.17) is 11.6 Å². The van der Waals surface area contributed by atoms with Crippen LogP contribution in [0.4, 0.5) is 5.69 Å². The smallest absolute Gasteiger partial charge is 0.284 e. The van der Waals surface area contributed by atoms with E-state index in [2.05, 4.69) is 20.6 Å². The molecule has 146 valence electrons. The van der Waals surface area contributed by atoms with Crippen molar-refractivity contribution in [1.82, 2.24) is 24.5 Å². The predicted molar refractivity (Wildman–Crippen MR) is 110 cm³/mol. The van der Waals surface area contributed by atoms with E-state index in [1.54, 1.807) is 24.3 Å². The van der Waals surface area contributed by atoms with E-state index in [0.717, 1.165) is 11.1 Å². The summed E-state index contributed by atoms with van der Waals surface area (Å²) in [7, 11) is 0. The Morgan fingerprint density at radius 1 is 1.14 bits per heavy atom. The van der Waals surface area contributed by atoms with Crippen LogP contribution in [0, 0.1) is 13.8 Å². The zero-order valence-corrected chi connectivity index (χ0v) is 16.5. The fourth-order valence-corrected chi connectivity index (χ4v) is 3.14. The molecule has 4 rings (SSSR count).